The molecule has 1 aromatic rings. The zero-order valence-corrected chi connectivity index (χ0v) is 14.3. The molecule has 0 bridgehead atoms. The van der Waals surface area contributed by atoms with Gasteiger partial charge in [0.15, 0.2) is 5.56 Å². The Morgan fingerprint density at radius 1 is 0.810 bits per heavy atom. The predicted molar refractivity (Wildman–Crippen MR) is 92.8 cm³/mol. The third-order valence-corrected chi connectivity index (χ3v) is 4.20. The van der Waals surface area contributed by atoms with Gasteiger partial charge in [-0.2, -0.15) is 0 Å². The molecular weight excluding hydrogens is 280 g/mol. The average Bonchev–Trinajstić information content (AvgIpc) is 2.53. The van der Waals surface area contributed by atoms with E-state index >= 15 is 0 Å². The lowest BCUT2D eigenvalue weighted by atomic mass is 10.1. The van der Waals surface area contributed by atoms with Gasteiger partial charge in [-0.1, -0.05) is 107 Å². The highest BCUT2D eigenvalue weighted by Gasteiger charge is 2.06. The van der Waals surface area contributed by atoms with Gasteiger partial charge in [0.25, 0.3) is 0 Å². The van der Waals surface area contributed by atoms with Gasteiger partial charge in [-0.05, 0) is 12.0 Å². The zero-order chi connectivity index (χ0) is 15.2. The Kier molecular flexibility index (Phi) is 11.6. The minimum Gasteiger partial charge on any atom is -0.358 e. The highest BCUT2D eigenvalue weighted by molar-refractivity contribution is 6.19. The van der Waals surface area contributed by atoms with Gasteiger partial charge in [0.1, 0.15) is 0 Å². The van der Waals surface area contributed by atoms with Crippen LogP contribution >= 0.6 is 11.6 Å². The second-order valence-electron chi connectivity index (χ2n) is 5.78. The summed E-state index contributed by atoms with van der Waals surface area (Å²) in [5, 5.41) is 0. The van der Waals surface area contributed by atoms with E-state index in [2.05, 4.69) is 6.92 Å². The number of alkyl halides is 1. The molecule has 0 N–H and O–H groups in total. The van der Waals surface area contributed by atoms with Crippen LogP contribution < -0.4 is 0 Å². The molecule has 0 aliphatic carbocycles. The minimum absolute atomic E-state index is 0.301. The molecule has 1 rings (SSSR count). The first-order valence-corrected chi connectivity index (χ1v) is 9.09. The van der Waals surface area contributed by atoms with Crippen molar-refractivity contribution in [1.82, 2.24) is 0 Å². The minimum atomic E-state index is -0.301. The summed E-state index contributed by atoms with van der Waals surface area (Å²) in [6.07, 6.45) is 13.5. The molecule has 0 saturated carbocycles. The smallest absolute Gasteiger partial charge is 0.156 e. The van der Waals surface area contributed by atoms with Crippen LogP contribution in [0, 0.1) is 0 Å². The summed E-state index contributed by atoms with van der Waals surface area (Å²) in [7, 11) is 0. The molecule has 0 saturated heterocycles. The van der Waals surface area contributed by atoms with Gasteiger partial charge in [-0.15, -0.1) is 0 Å². The molecule has 0 aliphatic rings. The molecule has 0 heterocycles. The largest absolute Gasteiger partial charge is 0.358 e. The van der Waals surface area contributed by atoms with Gasteiger partial charge in [-0.25, -0.2) is 0 Å². The topological polar surface area (TPSA) is 9.23 Å². The standard InChI is InChI=1S/C19H31ClO/c1-2-3-4-5-6-7-8-9-10-14-17-21-19(20)18-15-12-11-13-16-18/h11-13,15-16,19H,2-10,14,17H2,1H3. The molecule has 0 spiro atoms. The maximum atomic E-state index is 6.21. The molecule has 1 nitrogen and oxygen atoms in total. The highest BCUT2D eigenvalue weighted by Crippen LogP contribution is 2.21. The van der Waals surface area contributed by atoms with E-state index in [1.807, 2.05) is 30.3 Å². The molecular formula is C19H31ClO. The van der Waals surface area contributed by atoms with Gasteiger partial charge < -0.3 is 4.74 Å². The Hall–Kier alpha value is -0.530. The number of unbranched alkanes of at least 4 members (excludes halogenated alkanes) is 9. The average molecular weight is 311 g/mol. The molecule has 0 fully saturated rings. The van der Waals surface area contributed by atoms with Crippen LogP contribution in [-0.2, 0) is 4.74 Å². The summed E-state index contributed by atoms with van der Waals surface area (Å²) in [5.74, 6) is 0. The monoisotopic (exact) mass is 310 g/mol. The normalized spacial score (nSPS) is 12.5. The molecule has 0 amide bonds. The lowest BCUT2D eigenvalue weighted by Crippen LogP contribution is -1.99. The Labute approximate surface area is 136 Å². The summed E-state index contributed by atoms with van der Waals surface area (Å²) in [5.41, 5.74) is 0.746. The number of hydrogen-bond donors (Lipinski definition) is 0. The molecule has 120 valence electrons. The van der Waals surface area contributed by atoms with E-state index in [9.17, 15) is 0 Å². The van der Waals surface area contributed by atoms with Gasteiger partial charge in [0.2, 0.25) is 0 Å². The van der Waals surface area contributed by atoms with Crippen molar-refractivity contribution in [3.05, 3.63) is 35.9 Å². The zero-order valence-electron chi connectivity index (χ0n) is 13.5. The van der Waals surface area contributed by atoms with Crippen LogP contribution in [0.2, 0.25) is 0 Å². The Morgan fingerprint density at radius 2 is 1.33 bits per heavy atom. The molecule has 0 radical (unpaired) electrons. The lowest BCUT2D eigenvalue weighted by molar-refractivity contribution is 0.104. The first-order chi connectivity index (χ1) is 10.3. The summed E-state index contributed by atoms with van der Waals surface area (Å²) in [6.45, 7) is 3.03. The van der Waals surface area contributed by atoms with Crippen LogP contribution in [0.3, 0.4) is 0 Å². The summed E-state index contributed by atoms with van der Waals surface area (Å²) >= 11 is 6.21. The van der Waals surface area contributed by atoms with E-state index in [0.29, 0.717) is 0 Å². The molecule has 21 heavy (non-hydrogen) atoms. The van der Waals surface area contributed by atoms with Crippen molar-refractivity contribution in [3.8, 4) is 0 Å². The van der Waals surface area contributed by atoms with E-state index < -0.39 is 0 Å². The molecule has 2 heteroatoms. The Balaban J connectivity index is 1.86. The van der Waals surface area contributed by atoms with E-state index in [1.165, 1.54) is 57.8 Å². The third-order valence-electron chi connectivity index (χ3n) is 3.82. The quantitative estimate of drug-likeness (QED) is 0.285. The van der Waals surface area contributed by atoms with E-state index in [-0.39, 0.29) is 5.56 Å². The maximum absolute atomic E-state index is 6.21. The van der Waals surface area contributed by atoms with Crippen LogP contribution in [-0.4, -0.2) is 6.61 Å². The first-order valence-electron chi connectivity index (χ1n) is 8.65. The third kappa shape index (κ3) is 9.92. The Morgan fingerprint density at radius 3 is 1.90 bits per heavy atom. The van der Waals surface area contributed by atoms with Gasteiger partial charge >= 0.3 is 0 Å². The fourth-order valence-electron chi connectivity index (χ4n) is 2.48. The van der Waals surface area contributed by atoms with Crippen LogP contribution in [0.5, 0.6) is 0 Å². The number of rotatable bonds is 13. The first kappa shape index (κ1) is 18.5. The summed E-state index contributed by atoms with van der Waals surface area (Å²) < 4.78 is 5.67. The second kappa shape index (κ2) is 13.2. The van der Waals surface area contributed by atoms with Crippen LogP contribution in [0.4, 0.5) is 0 Å². The summed E-state index contributed by atoms with van der Waals surface area (Å²) in [6, 6.07) is 10.0. The van der Waals surface area contributed by atoms with Gasteiger partial charge in [0, 0.05) is 6.61 Å². The number of halogens is 1. The van der Waals surface area contributed by atoms with Crippen LogP contribution in [0.15, 0.2) is 30.3 Å². The molecule has 1 atom stereocenters. The van der Waals surface area contributed by atoms with Crippen molar-refractivity contribution in [2.24, 2.45) is 0 Å². The Bertz CT molecular complexity index is 326. The van der Waals surface area contributed by atoms with Crippen molar-refractivity contribution in [2.75, 3.05) is 6.61 Å². The molecule has 1 aromatic carbocycles. The van der Waals surface area contributed by atoms with E-state index in [0.717, 1.165) is 18.6 Å². The van der Waals surface area contributed by atoms with Crippen molar-refractivity contribution < 1.29 is 4.74 Å². The highest BCUT2D eigenvalue weighted by atomic mass is 35.5. The number of benzene rings is 1. The number of hydrogen-bond acceptors (Lipinski definition) is 1. The van der Waals surface area contributed by atoms with Crippen molar-refractivity contribution >= 4 is 11.6 Å². The van der Waals surface area contributed by atoms with Crippen LogP contribution in [0.25, 0.3) is 0 Å². The molecule has 0 aromatic heterocycles. The molecule has 0 aliphatic heterocycles. The fraction of sp³-hybridized carbons (Fsp3) is 0.684. The van der Waals surface area contributed by atoms with Crippen LogP contribution in [0.1, 0.15) is 82.3 Å². The maximum Gasteiger partial charge on any atom is 0.156 e. The van der Waals surface area contributed by atoms with Crippen molar-refractivity contribution in [3.63, 3.8) is 0 Å². The van der Waals surface area contributed by atoms with Crippen molar-refractivity contribution in [1.29, 1.82) is 0 Å². The van der Waals surface area contributed by atoms with Gasteiger partial charge in [0.05, 0.1) is 0 Å². The van der Waals surface area contributed by atoms with E-state index in [4.69, 9.17) is 16.3 Å². The fourth-order valence-corrected chi connectivity index (χ4v) is 2.71. The van der Waals surface area contributed by atoms with Crippen molar-refractivity contribution in [2.45, 2.75) is 76.7 Å². The number of ether oxygens (including phenoxy) is 1. The summed E-state index contributed by atoms with van der Waals surface area (Å²) in [4.78, 5) is 0. The van der Waals surface area contributed by atoms with Gasteiger partial charge in [-0.3, -0.25) is 0 Å². The lowest BCUT2D eigenvalue weighted by Gasteiger charge is -2.11. The SMILES string of the molecule is CCCCCCCCCCCCOC(Cl)c1ccccc1. The second-order valence-corrected chi connectivity index (χ2v) is 6.18. The predicted octanol–water partition coefficient (Wildman–Crippen LogP) is 6.86. The molecule has 1 unspecified atom stereocenters. The van der Waals surface area contributed by atoms with E-state index in [1.54, 1.807) is 0 Å².